The van der Waals surface area contributed by atoms with Crippen molar-refractivity contribution in [3.8, 4) is 0 Å². The number of aromatic amines is 1. The molecule has 0 bridgehead atoms. The van der Waals surface area contributed by atoms with Gasteiger partial charge >= 0.3 is 0 Å². The summed E-state index contributed by atoms with van der Waals surface area (Å²) in [6, 6.07) is 3.62. The van der Waals surface area contributed by atoms with Crippen molar-refractivity contribution in [3.05, 3.63) is 44.9 Å². The molecule has 5 heteroatoms. The van der Waals surface area contributed by atoms with E-state index in [-0.39, 0.29) is 17.7 Å². The van der Waals surface area contributed by atoms with E-state index in [4.69, 9.17) is 0 Å². The van der Waals surface area contributed by atoms with E-state index in [9.17, 15) is 9.59 Å². The summed E-state index contributed by atoms with van der Waals surface area (Å²) in [4.78, 5) is 28.6. The number of carbonyl (C=O) groups is 2. The number of nitrogens with one attached hydrogen (secondary N) is 2. The van der Waals surface area contributed by atoms with E-state index in [0.717, 1.165) is 5.56 Å². The fourth-order valence-electron chi connectivity index (χ4n) is 2.16. The SMILES string of the molecule is CC(=O)c1c[nH]c(C(=O)N[C@H](C)c2cc(C)sc2C)c1. The number of ketones is 1. The topological polar surface area (TPSA) is 62.0 Å². The average molecular weight is 290 g/mol. The van der Waals surface area contributed by atoms with Crippen molar-refractivity contribution < 1.29 is 9.59 Å². The van der Waals surface area contributed by atoms with E-state index in [1.807, 2.05) is 6.92 Å². The number of hydrogen-bond donors (Lipinski definition) is 2. The number of aryl methyl sites for hydroxylation is 2. The average Bonchev–Trinajstić information content (AvgIpc) is 2.95. The van der Waals surface area contributed by atoms with Gasteiger partial charge in [0.1, 0.15) is 5.69 Å². The molecule has 0 unspecified atom stereocenters. The predicted molar refractivity (Wildman–Crippen MR) is 80.5 cm³/mol. The van der Waals surface area contributed by atoms with Crippen molar-refractivity contribution in [1.29, 1.82) is 0 Å². The zero-order chi connectivity index (χ0) is 14.9. The van der Waals surface area contributed by atoms with E-state index < -0.39 is 0 Å². The molecule has 0 fully saturated rings. The molecule has 2 aromatic rings. The van der Waals surface area contributed by atoms with Gasteiger partial charge in [-0.2, -0.15) is 0 Å². The first-order chi connectivity index (χ1) is 9.38. The van der Waals surface area contributed by atoms with E-state index in [1.54, 1.807) is 23.6 Å². The Kier molecular flexibility index (Phi) is 4.09. The first-order valence-electron chi connectivity index (χ1n) is 6.45. The summed E-state index contributed by atoms with van der Waals surface area (Å²) in [5.41, 5.74) is 2.07. The fraction of sp³-hybridized carbons (Fsp3) is 0.333. The molecule has 0 spiro atoms. The third-order valence-corrected chi connectivity index (χ3v) is 4.21. The molecular weight excluding hydrogens is 272 g/mol. The monoisotopic (exact) mass is 290 g/mol. The number of aromatic nitrogens is 1. The van der Waals surface area contributed by atoms with Crippen LogP contribution in [0.4, 0.5) is 0 Å². The first kappa shape index (κ1) is 14.5. The minimum atomic E-state index is -0.201. The zero-order valence-corrected chi connectivity index (χ0v) is 12.9. The van der Waals surface area contributed by atoms with Crippen molar-refractivity contribution in [2.75, 3.05) is 0 Å². The highest BCUT2D eigenvalue weighted by Gasteiger charge is 2.16. The van der Waals surface area contributed by atoms with Crippen molar-refractivity contribution in [1.82, 2.24) is 10.3 Å². The summed E-state index contributed by atoms with van der Waals surface area (Å²) in [6.07, 6.45) is 1.56. The molecule has 0 aliphatic heterocycles. The Hall–Kier alpha value is -1.88. The van der Waals surface area contributed by atoms with Crippen molar-refractivity contribution in [3.63, 3.8) is 0 Å². The van der Waals surface area contributed by atoms with Crippen molar-refractivity contribution >= 4 is 23.0 Å². The van der Waals surface area contributed by atoms with Crippen LogP contribution in [0.3, 0.4) is 0 Å². The highest BCUT2D eigenvalue weighted by molar-refractivity contribution is 7.12. The highest BCUT2D eigenvalue weighted by atomic mass is 32.1. The molecule has 1 amide bonds. The standard InChI is InChI=1S/C15H18N2O2S/c1-8-5-13(11(4)20-8)9(2)17-15(19)14-6-12(7-16-14)10(3)18/h5-7,9,16H,1-4H3,(H,17,19)/t9-/m1/s1. The van der Waals surface area contributed by atoms with Crippen LogP contribution in [0.15, 0.2) is 18.3 Å². The predicted octanol–water partition coefficient (Wildman–Crippen LogP) is 3.39. The van der Waals surface area contributed by atoms with Gasteiger partial charge in [0.05, 0.1) is 6.04 Å². The van der Waals surface area contributed by atoms with Gasteiger partial charge in [-0.3, -0.25) is 9.59 Å². The number of thiophene rings is 1. The van der Waals surface area contributed by atoms with Crippen LogP contribution >= 0.6 is 11.3 Å². The van der Waals surface area contributed by atoms with Crippen LogP contribution in [0.25, 0.3) is 0 Å². The van der Waals surface area contributed by atoms with Gasteiger partial charge in [-0.15, -0.1) is 11.3 Å². The third kappa shape index (κ3) is 2.99. The Morgan fingerprint density at radius 3 is 2.50 bits per heavy atom. The zero-order valence-electron chi connectivity index (χ0n) is 12.0. The minimum absolute atomic E-state index is 0.0577. The van der Waals surface area contributed by atoms with Gasteiger partial charge in [-0.25, -0.2) is 0 Å². The lowest BCUT2D eigenvalue weighted by Crippen LogP contribution is -2.27. The third-order valence-electron chi connectivity index (χ3n) is 3.23. The second-order valence-electron chi connectivity index (χ2n) is 4.92. The number of rotatable bonds is 4. The van der Waals surface area contributed by atoms with Crippen LogP contribution in [0.2, 0.25) is 0 Å². The molecular formula is C15H18N2O2S. The van der Waals surface area contributed by atoms with Crippen LogP contribution in [0.1, 0.15) is 56.1 Å². The molecule has 2 aromatic heterocycles. The number of hydrogen-bond acceptors (Lipinski definition) is 3. The molecule has 106 valence electrons. The Balaban J connectivity index is 2.10. The Morgan fingerprint density at radius 2 is 2.00 bits per heavy atom. The van der Waals surface area contributed by atoms with Gasteiger partial charge in [0.15, 0.2) is 5.78 Å². The number of Topliss-reactive ketones (excluding diaryl/α,β-unsaturated/α-hetero) is 1. The van der Waals surface area contributed by atoms with Gasteiger partial charge in [0.2, 0.25) is 0 Å². The van der Waals surface area contributed by atoms with Crippen LogP contribution in [0, 0.1) is 13.8 Å². The van der Waals surface area contributed by atoms with Gasteiger partial charge in [-0.1, -0.05) is 0 Å². The first-order valence-corrected chi connectivity index (χ1v) is 7.27. The molecule has 2 rings (SSSR count). The smallest absolute Gasteiger partial charge is 0.268 e. The molecule has 0 aliphatic carbocycles. The normalized spacial score (nSPS) is 12.2. The summed E-state index contributed by atoms with van der Waals surface area (Å²) in [5, 5.41) is 2.94. The number of H-pyrrole nitrogens is 1. The molecule has 2 N–H and O–H groups in total. The summed E-state index contributed by atoms with van der Waals surface area (Å²) >= 11 is 1.72. The Labute approximate surface area is 122 Å². The van der Waals surface area contributed by atoms with E-state index in [2.05, 4.69) is 30.2 Å². The molecule has 0 saturated carbocycles. The molecule has 0 radical (unpaired) electrons. The molecule has 0 saturated heterocycles. The highest BCUT2D eigenvalue weighted by Crippen LogP contribution is 2.26. The lowest BCUT2D eigenvalue weighted by atomic mass is 10.1. The largest absolute Gasteiger partial charge is 0.356 e. The summed E-state index contributed by atoms with van der Waals surface area (Å²) < 4.78 is 0. The summed E-state index contributed by atoms with van der Waals surface area (Å²) in [5.74, 6) is -0.258. The van der Waals surface area contributed by atoms with Gasteiger partial charge in [0, 0.05) is 21.5 Å². The van der Waals surface area contributed by atoms with Crippen molar-refractivity contribution in [2.45, 2.75) is 33.7 Å². The molecule has 1 atom stereocenters. The second-order valence-corrected chi connectivity index (χ2v) is 6.38. The summed E-state index contributed by atoms with van der Waals surface area (Å²) in [6.45, 7) is 7.55. The summed E-state index contributed by atoms with van der Waals surface area (Å²) in [7, 11) is 0. The lowest BCUT2D eigenvalue weighted by Gasteiger charge is -2.13. The maximum absolute atomic E-state index is 12.1. The Morgan fingerprint density at radius 1 is 1.30 bits per heavy atom. The van der Waals surface area contributed by atoms with Crippen LogP contribution in [-0.2, 0) is 0 Å². The maximum atomic E-state index is 12.1. The van der Waals surface area contributed by atoms with E-state index in [0.29, 0.717) is 11.3 Å². The minimum Gasteiger partial charge on any atom is -0.356 e. The van der Waals surface area contributed by atoms with E-state index >= 15 is 0 Å². The molecule has 2 heterocycles. The van der Waals surface area contributed by atoms with Gasteiger partial charge < -0.3 is 10.3 Å². The molecule has 4 nitrogen and oxygen atoms in total. The van der Waals surface area contributed by atoms with Gasteiger partial charge in [0.25, 0.3) is 5.91 Å². The molecule has 0 aromatic carbocycles. The van der Waals surface area contributed by atoms with Crippen LogP contribution in [-0.4, -0.2) is 16.7 Å². The van der Waals surface area contributed by atoms with Crippen LogP contribution in [0.5, 0.6) is 0 Å². The fourth-order valence-corrected chi connectivity index (χ4v) is 3.18. The number of amides is 1. The molecule has 20 heavy (non-hydrogen) atoms. The Bertz CT molecular complexity index is 655. The van der Waals surface area contributed by atoms with Crippen molar-refractivity contribution in [2.24, 2.45) is 0 Å². The maximum Gasteiger partial charge on any atom is 0.268 e. The van der Waals surface area contributed by atoms with Gasteiger partial charge in [-0.05, 0) is 45.4 Å². The lowest BCUT2D eigenvalue weighted by molar-refractivity contribution is 0.0935. The molecule has 0 aliphatic rings. The number of carbonyl (C=O) groups excluding carboxylic acids is 2. The quantitative estimate of drug-likeness (QED) is 0.848. The second kappa shape index (κ2) is 5.63. The van der Waals surface area contributed by atoms with Crippen LogP contribution < -0.4 is 5.32 Å². The van der Waals surface area contributed by atoms with E-state index in [1.165, 1.54) is 16.7 Å².